The average Bonchev–Trinajstić information content (AvgIpc) is 3.04. The molecule has 1 fully saturated rings. The first-order chi connectivity index (χ1) is 10.6. The lowest BCUT2D eigenvalue weighted by atomic mass is 10.1. The van der Waals surface area contributed by atoms with Crippen LogP contribution in [-0.2, 0) is 0 Å². The summed E-state index contributed by atoms with van der Waals surface area (Å²) in [5.74, 6) is -0.0583. The van der Waals surface area contributed by atoms with Crippen LogP contribution < -0.4 is 10.2 Å². The van der Waals surface area contributed by atoms with Crippen LogP contribution in [0.15, 0.2) is 42.5 Å². The highest BCUT2D eigenvalue weighted by Crippen LogP contribution is 2.25. The Morgan fingerprint density at radius 3 is 2.32 bits per heavy atom. The van der Waals surface area contributed by atoms with Gasteiger partial charge in [0.15, 0.2) is 0 Å². The molecular formula is C19H22N2O. The Bertz CT molecular complexity index is 670. The van der Waals surface area contributed by atoms with Crippen molar-refractivity contribution < 1.29 is 4.79 Å². The summed E-state index contributed by atoms with van der Waals surface area (Å²) in [6.07, 6.45) is 2.54. The number of carbonyl (C=O) groups is 1. The molecule has 0 unspecified atom stereocenters. The lowest BCUT2D eigenvalue weighted by Crippen LogP contribution is -2.18. The number of carbonyl (C=O) groups excluding carboxylic acids is 1. The van der Waals surface area contributed by atoms with E-state index in [1.54, 1.807) is 0 Å². The van der Waals surface area contributed by atoms with Gasteiger partial charge in [0.25, 0.3) is 5.91 Å². The second kappa shape index (κ2) is 6.22. The lowest BCUT2D eigenvalue weighted by Gasteiger charge is -2.19. The van der Waals surface area contributed by atoms with Crippen LogP contribution in [0.4, 0.5) is 11.4 Å². The van der Waals surface area contributed by atoms with E-state index in [-0.39, 0.29) is 5.91 Å². The molecule has 1 saturated heterocycles. The maximum atomic E-state index is 12.3. The number of aryl methyl sites for hydroxylation is 2. The van der Waals surface area contributed by atoms with Crippen LogP contribution in [0.1, 0.15) is 34.3 Å². The largest absolute Gasteiger partial charge is 0.372 e. The Kier molecular flexibility index (Phi) is 4.14. The SMILES string of the molecule is Cc1ccc(C(=O)Nc2ccc(N3CCCC3)cc2C)cc1. The van der Waals surface area contributed by atoms with E-state index in [2.05, 4.69) is 22.3 Å². The van der Waals surface area contributed by atoms with Gasteiger partial charge in [-0.3, -0.25) is 4.79 Å². The predicted octanol–water partition coefficient (Wildman–Crippen LogP) is 4.16. The number of nitrogens with zero attached hydrogens (tertiary/aromatic N) is 1. The fourth-order valence-corrected chi connectivity index (χ4v) is 2.86. The number of nitrogens with one attached hydrogen (secondary N) is 1. The zero-order valence-corrected chi connectivity index (χ0v) is 13.2. The average molecular weight is 294 g/mol. The van der Waals surface area contributed by atoms with Gasteiger partial charge in [-0.15, -0.1) is 0 Å². The zero-order chi connectivity index (χ0) is 15.5. The maximum Gasteiger partial charge on any atom is 0.255 e. The van der Waals surface area contributed by atoms with E-state index in [1.807, 2.05) is 44.2 Å². The van der Waals surface area contributed by atoms with Crippen molar-refractivity contribution in [1.29, 1.82) is 0 Å². The normalized spacial score (nSPS) is 14.2. The Hall–Kier alpha value is -2.29. The molecule has 3 nitrogen and oxygen atoms in total. The van der Waals surface area contributed by atoms with E-state index in [0.29, 0.717) is 5.56 Å². The molecule has 22 heavy (non-hydrogen) atoms. The molecule has 1 N–H and O–H groups in total. The summed E-state index contributed by atoms with van der Waals surface area (Å²) in [5.41, 5.74) is 5.08. The van der Waals surface area contributed by atoms with E-state index in [9.17, 15) is 4.79 Å². The molecule has 1 aliphatic heterocycles. The first-order valence-corrected chi connectivity index (χ1v) is 7.87. The fraction of sp³-hybridized carbons (Fsp3) is 0.316. The number of benzene rings is 2. The molecule has 1 aliphatic rings. The van der Waals surface area contributed by atoms with Gasteiger partial charge in [-0.05, 0) is 62.6 Å². The maximum absolute atomic E-state index is 12.3. The standard InChI is InChI=1S/C19H22N2O/c1-14-5-7-16(8-6-14)19(22)20-18-10-9-17(13-15(18)2)21-11-3-4-12-21/h5-10,13H,3-4,11-12H2,1-2H3,(H,20,22). The van der Waals surface area contributed by atoms with E-state index in [0.717, 1.165) is 29.9 Å². The second-order valence-corrected chi connectivity index (χ2v) is 6.01. The van der Waals surface area contributed by atoms with Gasteiger partial charge in [0.05, 0.1) is 0 Å². The molecule has 3 rings (SSSR count). The molecule has 114 valence electrons. The number of rotatable bonds is 3. The third-order valence-corrected chi connectivity index (χ3v) is 4.24. The van der Waals surface area contributed by atoms with Gasteiger partial charge in [0, 0.05) is 30.0 Å². The molecule has 0 atom stereocenters. The number of amides is 1. The molecule has 0 spiro atoms. The number of hydrogen-bond acceptors (Lipinski definition) is 2. The molecule has 0 bridgehead atoms. The minimum Gasteiger partial charge on any atom is -0.372 e. The van der Waals surface area contributed by atoms with Crippen LogP contribution in [0.2, 0.25) is 0 Å². The van der Waals surface area contributed by atoms with E-state index in [4.69, 9.17) is 0 Å². The lowest BCUT2D eigenvalue weighted by molar-refractivity contribution is 0.102. The van der Waals surface area contributed by atoms with E-state index >= 15 is 0 Å². The molecule has 0 saturated carbocycles. The Morgan fingerprint density at radius 2 is 1.68 bits per heavy atom. The third-order valence-electron chi connectivity index (χ3n) is 4.24. The predicted molar refractivity (Wildman–Crippen MR) is 91.8 cm³/mol. The van der Waals surface area contributed by atoms with Crippen LogP contribution in [0.25, 0.3) is 0 Å². The van der Waals surface area contributed by atoms with Crippen LogP contribution >= 0.6 is 0 Å². The molecule has 0 radical (unpaired) electrons. The minimum absolute atomic E-state index is 0.0583. The van der Waals surface area contributed by atoms with Gasteiger partial charge in [-0.1, -0.05) is 17.7 Å². The van der Waals surface area contributed by atoms with Crippen molar-refractivity contribution in [2.24, 2.45) is 0 Å². The molecule has 2 aromatic carbocycles. The molecule has 0 aliphatic carbocycles. The third kappa shape index (κ3) is 3.14. The highest BCUT2D eigenvalue weighted by atomic mass is 16.1. The van der Waals surface area contributed by atoms with Crippen molar-refractivity contribution in [3.63, 3.8) is 0 Å². The minimum atomic E-state index is -0.0583. The summed E-state index contributed by atoms with van der Waals surface area (Å²) < 4.78 is 0. The van der Waals surface area contributed by atoms with E-state index < -0.39 is 0 Å². The van der Waals surface area contributed by atoms with Crippen molar-refractivity contribution in [2.75, 3.05) is 23.3 Å². The van der Waals surface area contributed by atoms with Crippen LogP contribution in [0, 0.1) is 13.8 Å². The summed E-state index contributed by atoms with van der Waals surface area (Å²) in [6, 6.07) is 13.9. The number of anilines is 2. The van der Waals surface area contributed by atoms with Crippen molar-refractivity contribution >= 4 is 17.3 Å². The highest BCUT2D eigenvalue weighted by Gasteiger charge is 2.14. The molecule has 2 aromatic rings. The van der Waals surface area contributed by atoms with Gasteiger partial charge < -0.3 is 10.2 Å². The van der Waals surface area contributed by atoms with Crippen LogP contribution in [-0.4, -0.2) is 19.0 Å². The summed E-state index contributed by atoms with van der Waals surface area (Å²) in [5, 5.41) is 3.01. The molecular weight excluding hydrogens is 272 g/mol. The van der Waals surface area contributed by atoms with Gasteiger partial charge in [0.1, 0.15) is 0 Å². The smallest absolute Gasteiger partial charge is 0.255 e. The van der Waals surface area contributed by atoms with Crippen LogP contribution in [0.3, 0.4) is 0 Å². The topological polar surface area (TPSA) is 32.3 Å². The molecule has 1 heterocycles. The molecule has 0 aromatic heterocycles. The van der Waals surface area contributed by atoms with Crippen molar-refractivity contribution in [3.05, 3.63) is 59.2 Å². The molecule has 1 amide bonds. The summed E-state index contributed by atoms with van der Waals surface area (Å²) >= 11 is 0. The van der Waals surface area contributed by atoms with Gasteiger partial charge >= 0.3 is 0 Å². The second-order valence-electron chi connectivity index (χ2n) is 6.01. The fourth-order valence-electron chi connectivity index (χ4n) is 2.86. The Morgan fingerprint density at radius 1 is 1.00 bits per heavy atom. The Labute approximate surface area is 132 Å². The first kappa shape index (κ1) is 14.6. The van der Waals surface area contributed by atoms with Crippen LogP contribution in [0.5, 0.6) is 0 Å². The van der Waals surface area contributed by atoms with Gasteiger partial charge in [-0.25, -0.2) is 0 Å². The zero-order valence-electron chi connectivity index (χ0n) is 13.2. The van der Waals surface area contributed by atoms with Crippen molar-refractivity contribution in [3.8, 4) is 0 Å². The monoisotopic (exact) mass is 294 g/mol. The van der Waals surface area contributed by atoms with Gasteiger partial charge in [0.2, 0.25) is 0 Å². The van der Waals surface area contributed by atoms with Crippen molar-refractivity contribution in [1.82, 2.24) is 0 Å². The van der Waals surface area contributed by atoms with E-state index in [1.165, 1.54) is 18.5 Å². The van der Waals surface area contributed by atoms with Gasteiger partial charge in [-0.2, -0.15) is 0 Å². The highest BCUT2D eigenvalue weighted by molar-refractivity contribution is 6.04. The summed E-state index contributed by atoms with van der Waals surface area (Å²) in [4.78, 5) is 14.7. The Balaban J connectivity index is 1.74. The summed E-state index contributed by atoms with van der Waals surface area (Å²) in [6.45, 7) is 6.33. The quantitative estimate of drug-likeness (QED) is 0.922. The number of hydrogen-bond donors (Lipinski definition) is 1. The van der Waals surface area contributed by atoms with Crippen molar-refractivity contribution in [2.45, 2.75) is 26.7 Å². The summed E-state index contributed by atoms with van der Waals surface area (Å²) in [7, 11) is 0. The molecule has 3 heteroatoms. The first-order valence-electron chi connectivity index (χ1n) is 7.87.